The first kappa shape index (κ1) is 14.3. The van der Waals surface area contributed by atoms with Gasteiger partial charge in [-0.2, -0.15) is 0 Å². The number of furan rings is 1. The topological polar surface area (TPSA) is 51.8 Å². The third kappa shape index (κ3) is 2.39. The maximum absolute atomic E-state index is 10.7. The van der Waals surface area contributed by atoms with Crippen LogP contribution in [0.3, 0.4) is 0 Å². The summed E-state index contributed by atoms with van der Waals surface area (Å²) in [5.41, 5.74) is 2.28. The Kier molecular flexibility index (Phi) is 3.59. The molecule has 0 radical (unpaired) electrons. The first-order valence-corrected chi connectivity index (χ1v) is 7.20. The van der Waals surface area contributed by atoms with Crippen LogP contribution in [0, 0.1) is 20.8 Å². The van der Waals surface area contributed by atoms with E-state index >= 15 is 0 Å². The molecule has 0 saturated carbocycles. The molecule has 2 aromatic rings. The van der Waals surface area contributed by atoms with Gasteiger partial charge in [0, 0.05) is 17.2 Å². The summed E-state index contributed by atoms with van der Waals surface area (Å²) in [7, 11) is 0. The largest absolute Gasteiger partial charge is 0.486 e. The fraction of sp³-hybridized carbons (Fsp3) is 0.375. The van der Waals surface area contributed by atoms with Crippen LogP contribution in [0.5, 0.6) is 11.5 Å². The van der Waals surface area contributed by atoms with Crippen LogP contribution in [0.4, 0.5) is 0 Å². The Balaban J connectivity index is 2.07. The summed E-state index contributed by atoms with van der Waals surface area (Å²) in [4.78, 5) is 0. The standard InChI is InChI=1S/C16H17ClO4/c1-8-9(2)21-10(3)15(8)16(18)11-6-13-14(7-12(11)17)20-5-4-19-13/h6-7,16,18H,4-5H2,1-3H3. The van der Waals surface area contributed by atoms with Crippen molar-refractivity contribution >= 4 is 11.6 Å². The molecule has 0 spiro atoms. The van der Waals surface area contributed by atoms with Crippen LogP contribution < -0.4 is 9.47 Å². The van der Waals surface area contributed by atoms with E-state index in [0.29, 0.717) is 41.1 Å². The van der Waals surface area contributed by atoms with Gasteiger partial charge in [0.1, 0.15) is 30.8 Å². The molecule has 5 heteroatoms. The molecule has 0 amide bonds. The van der Waals surface area contributed by atoms with Crippen molar-refractivity contribution in [2.75, 3.05) is 13.2 Å². The summed E-state index contributed by atoms with van der Waals surface area (Å²) in [5.74, 6) is 2.72. The van der Waals surface area contributed by atoms with E-state index in [0.717, 1.165) is 16.9 Å². The normalized spacial score (nSPS) is 15.1. The van der Waals surface area contributed by atoms with Crippen molar-refractivity contribution in [2.24, 2.45) is 0 Å². The van der Waals surface area contributed by atoms with Crippen LogP contribution in [0.25, 0.3) is 0 Å². The lowest BCUT2D eigenvalue weighted by atomic mass is 9.97. The Morgan fingerprint density at radius 1 is 1.05 bits per heavy atom. The van der Waals surface area contributed by atoms with E-state index in [4.69, 9.17) is 25.5 Å². The van der Waals surface area contributed by atoms with Crippen molar-refractivity contribution < 1.29 is 19.0 Å². The fourth-order valence-electron chi connectivity index (χ4n) is 2.66. The van der Waals surface area contributed by atoms with E-state index in [2.05, 4.69) is 0 Å². The fourth-order valence-corrected chi connectivity index (χ4v) is 2.91. The summed E-state index contributed by atoms with van der Waals surface area (Å²) in [5, 5.41) is 11.2. The van der Waals surface area contributed by atoms with Gasteiger partial charge in [0.2, 0.25) is 0 Å². The number of rotatable bonds is 2. The zero-order valence-electron chi connectivity index (χ0n) is 12.2. The quantitative estimate of drug-likeness (QED) is 0.919. The van der Waals surface area contributed by atoms with Crippen LogP contribution in [-0.2, 0) is 0 Å². The predicted octanol–water partition coefficient (Wildman–Crippen LogP) is 3.71. The minimum absolute atomic E-state index is 0.449. The highest BCUT2D eigenvalue weighted by molar-refractivity contribution is 6.31. The molecule has 112 valence electrons. The third-order valence-corrected chi connectivity index (χ3v) is 4.17. The second-order valence-electron chi connectivity index (χ2n) is 5.17. The molecule has 4 nitrogen and oxygen atoms in total. The molecule has 1 aliphatic heterocycles. The molecule has 0 aliphatic carbocycles. The maximum atomic E-state index is 10.7. The number of aliphatic hydroxyl groups is 1. The van der Waals surface area contributed by atoms with E-state index in [9.17, 15) is 5.11 Å². The molecule has 1 aliphatic rings. The zero-order valence-corrected chi connectivity index (χ0v) is 13.0. The van der Waals surface area contributed by atoms with E-state index in [1.165, 1.54) is 0 Å². The van der Waals surface area contributed by atoms with Gasteiger partial charge in [-0.1, -0.05) is 11.6 Å². The molecule has 0 fully saturated rings. The van der Waals surface area contributed by atoms with Gasteiger partial charge in [-0.15, -0.1) is 0 Å². The number of ether oxygens (including phenoxy) is 2. The number of benzene rings is 1. The van der Waals surface area contributed by atoms with Gasteiger partial charge >= 0.3 is 0 Å². The van der Waals surface area contributed by atoms with E-state index < -0.39 is 6.10 Å². The first-order chi connectivity index (χ1) is 9.99. The molecule has 3 rings (SSSR count). The van der Waals surface area contributed by atoms with Crippen molar-refractivity contribution in [3.8, 4) is 11.5 Å². The Morgan fingerprint density at radius 2 is 1.67 bits per heavy atom. The van der Waals surface area contributed by atoms with Gasteiger partial charge in [0.05, 0.1) is 5.02 Å². The average molecular weight is 309 g/mol. The van der Waals surface area contributed by atoms with Gasteiger partial charge in [-0.05, 0) is 32.4 Å². The molecule has 1 unspecified atom stereocenters. The Labute approximate surface area is 128 Å². The van der Waals surface area contributed by atoms with Gasteiger partial charge in [-0.3, -0.25) is 0 Å². The SMILES string of the molecule is Cc1oc(C)c(C(O)c2cc3c(cc2Cl)OCCO3)c1C. The summed E-state index contributed by atoms with van der Waals surface area (Å²) < 4.78 is 16.6. The number of aliphatic hydroxyl groups excluding tert-OH is 1. The van der Waals surface area contributed by atoms with Crippen molar-refractivity contribution in [1.82, 2.24) is 0 Å². The van der Waals surface area contributed by atoms with Gasteiger partial charge in [-0.25, -0.2) is 0 Å². The maximum Gasteiger partial charge on any atom is 0.162 e. The van der Waals surface area contributed by atoms with E-state index in [-0.39, 0.29) is 0 Å². The molecular weight excluding hydrogens is 292 g/mol. The number of halogens is 1. The number of fused-ring (bicyclic) bond motifs is 1. The van der Waals surface area contributed by atoms with Crippen molar-refractivity contribution in [1.29, 1.82) is 0 Å². The van der Waals surface area contributed by atoms with Crippen molar-refractivity contribution in [2.45, 2.75) is 26.9 Å². The van der Waals surface area contributed by atoms with Crippen LogP contribution in [0.15, 0.2) is 16.5 Å². The Bertz CT molecular complexity index is 690. The second-order valence-corrected chi connectivity index (χ2v) is 5.58. The third-order valence-electron chi connectivity index (χ3n) is 3.85. The number of hydrogen-bond donors (Lipinski definition) is 1. The summed E-state index contributed by atoms with van der Waals surface area (Å²) in [6.45, 7) is 6.64. The molecule has 0 saturated heterocycles. The predicted molar refractivity (Wildman–Crippen MR) is 79.4 cm³/mol. The minimum atomic E-state index is -0.856. The first-order valence-electron chi connectivity index (χ1n) is 6.82. The van der Waals surface area contributed by atoms with Crippen molar-refractivity contribution in [3.05, 3.63) is 45.4 Å². The van der Waals surface area contributed by atoms with Crippen LogP contribution in [0.1, 0.15) is 34.3 Å². The number of aryl methyl sites for hydroxylation is 2. The lowest BCUT2D eigenvalue weighted by Gasteiger charge is -2.21. The van der Waals surface area contributed by atoms with Crippen LogP contribution >= 0.6 is 11.6 Å². The van der Waals surface area contributed by atoms with Crippen LogP contribution in [0.2, 0.25) is 5.02 Å². The smallest absolute Gasteiger partial charge is 0.162 e. The van der Waals surface area contributed by atoms with Crippen LogP contribution in [-0.4, -0.2) is 18.3 Å². The number of hydrogen-bond acceptors (Lipinski definition) is 4. The van der Waals surface area contributed by atoms with Crippen molar-refractivity contribution in [3.63, 3.8) is 0 Å². The Hall–Kier alpha value is -1.65. The monoisotopic (exact) mass is 308 g/mol. The minimum Gasteiger partial charge on any atom is -0.486 e. The average Bonchev–Trinajstić information content (AvgIpc) is 2.70. The second kappa shape index (κ2) is 5.28. The van der Waals surface area contributed by atoms with E-state index in [1.807, 2.05) is 20.8 Å². The highest BCUT2D eigenvalue weighted by Crippen LogP contribution is 2.41. The summed E-state index contributed by atoms with van der Waals surface area (Å²) >= 11 is 6.29. The molecule has 1 aromatic heterocycles. The molecule has 1 atom stereocenters. The summed E-state index contributed by atoms with van der Waals surface area (Å²) in [6, 6.07) is 3.43. The van der Waals surface area contributed by atoms with Gasteiger partial charge < -0.3 is 19.0 Å². The lowest BCUT2D eigenvalue weighted by Crippen LogP contribution is -2.16. The Morgan fingerprint density at radius 3 is 2.24 bits per heavy atom. The molecular formula is C16H17ClO4. The molecule has 0 bridgehead atoms. The molecule has 21 heavy (non-hydrogen) atoms. The van der Waals surface area contributed by atoms with E-state index in [1.54, 1.807) is 12.1 Å². The molecule has 1 aromatic carbocycles. The summed E-state index contributed by atoms with van der Waals surface area (Å²) in [6.07, 6.45) is -0.856. The molecule has 1 N–H and O–H groups in total. The zero-order chi connectivity index (χ0) is 15.1. The van der Waals surface area contributed by atoms with Gasteiger partial charge in [0.25, 0.3) is 0 Å². The van der Waals surface area contributed by atoms with Gasteiger partial charge in [0.15, 0.2) is 11.5 Å². The molecule has 2 heterocycles. The highest BCUT2D eigenvalue weighted by atomic mass is 35.5. The highest BCUT2D eigenvalue weighted by Gasteiger charge is 2.25. The lowest BCUT2D eigenvalue weighted by molar-refractivity contribution is 0.169.